The molecule has 0 aliphatic heterocycles. The first-order valence-corrected chi connectivity index (χ1v) is 9.32. The van der Waals surface area contributed by atoms with E-state index in [9.17, 15) is 25.5 Å². The van der Waals surface area contributed by atoms with Gasteiger partial charge in [-0.05, 0) is 47.7 Å². The fourth-order valence-electron chi connectivity index (χ4n) is 6.74. The van der Waals surface area contributed by atoms with Crippen LogP contribution in [-0.4, -0.2) is 56.1 Å². The molecule has 25 heavy (non-hydrogen) atoms. The molecule has 2 fully saturated rings. The van der Waals surface area contributed by atoms with Crippen LogP contribution in [0.4, 0.5) is 0 Å². The van der Waals surface area contributed by atoms with E-state index in [1.165, 1.54) is 0 Å². The van der Waals surface area contributed by atoms with Gasteiger partial charge in [0.1, 0.15) is 17.8 Å². The summed E-state index contributed by atoms with van der Waals surface area (Å²) in [6, 6.07) is 0. The van der Waals surface area contributed by atoms with Crippen molar-refractivity contribution >= 4 is 0 Å². The molecule has 5 nitrogen and oxygen atoms in total. The molecule has 0 radical (unpaired) electrons. The predicted molar refractivity (Wildman–Crippen MR) is 92.4 cm³/mol. The maximum Gasteiger partial charge on any atom is 0.136 e. The van der Waals surface area contributed by atoms with E-state index >= 15 is 0 Å². The lowest BCUT2D eigenvalue weighted by molar-refractivity contribution is -0.215. The highest BCUT2D eigenvalue weighted by atomic mass is 16.4. The summed E-state index contributed by atoms with van der Waals surface area (Å²) in [4.78, 5) is 0. The van der Waals surface area contributed by atoms with Crippen LogP contribution in [0.15, 0.2) is 23.3 Å². The van der Waals surface area contributed by atoms with Gasteiger partial charge in [0.2, 0.25) is 0 Å². The van der Waals surface area contributed by atoms with E-state index in [0.717, 1.165) is 6.42 Å². The maximum absolute atomic E-state index is 11.6. The molecule has 2 saturated carbocycles. The van der Waals surface area contributed by atoms with Crippen LogP contribution < -0.4 is 0 Å². The molecule has 0 aromatic carbocycles. The van der Waals surface area contributed by atoms with Crippen molar-refractivity contribution in [1.29, 1.82) is 0 Å². The summed E-state index contributed by atoms with van der Waals surface area (Å²) in [7, 11) is 0. The van der Waals surface area contributed by atoms with Gasteiger partial charge in [-0.15, -0.1) is 0 Å². The summed E-state index contributed by atoms with van der Waals surface area (Å²) in [5.74, 6) is 0.292. The normalized spacial score (nSPS) is 56.1. The Bertz CT molecular complexity index is 667. The van der Waals surface area contributed by atoms with Gasteiger partial charge in [0.05, 0.1) is 18.1 Å². The minimum absolute atomic E-state index is 0.0853. The van der Waals surface area contributed by atoms with Crippen molar-refractivity contribution < 1.29 is 25.5 Å². The van der Waals surface area contributed by atoms with Gasteiger partial charge in [0.15, 0.2) is 0 Å². The summed E-state index contributed by atoms with van der Waals surface area (Å²) >= 11 is 0. The third-order valence-corrected chi connectivity index (χ3v) is 8.20. The number of hydrogen-bond acceptors (Lipinski definition) is 5. The molecule has 9 atom stereocenters. The maximum atomic E-state index is 11.6. The number of aliphatic hydroxyl groups is 5. The smallest absolute Gasteiger partial charge is 0.136 e. The Balaban J connectivity index is 1.98. The van der Waals surface area contributed by atoms with Crippen LogP contribution in [0.5, 0.6) is 0 Å². The average Bonchev–Trinajstić information content (AvgIpc) is 3.05. The van der Waals surface area contributed by atoms with Crippen molar-refractivity contribution in [3.05, 3.63) is 23.3 Å². The minimum Gasteiger partial charge on any atom is -0.392 e. The summed E-state index contributed by atoms with van der Waals surface area (Å²) in [5.41, 5.74) is -2.11. The summed E-state index contributed by atoms with van der Waals surface area (Å²) in [5, 5.41) is 54.7. The molecule has 0 amide bonds. The van der Waals surface area contributed by atoms with Crippen LogP contribution >= 0.6 is 0 Å². The first-order valence-electron chi connectivity index (χ1n) is 9.32. The number of hydrogen-bond donors (Lipinski definition) is 5. The third-order valence-electron chi connectivity index (χ3n) is 8.20. The Morgan fingerprint density at radius 3 is 2.40 bits per heavy atom. The monoisotopic (exact) mass is 350 g/mol. The molecule has 5 heteroatoms. The quantitative estimate of drug-likeness (QED) is 0.446. The lowest BCUT2D eigenvalue weighted by atomic mass is 9.58. The molecule has 2 bridgehead atoms. The van der Waals surface area contributed by atoms with E-state index in [1.807, 2.05) is 6.92 Å². The zero-order chi connectivity index (χ0) is 18.5. The lowest BCUT2D eigenvalue weighted by Crippen LogP contribution is -2.66. The van der Waals surface area contributed by atoms with Crippen LogP contribution in [0, 0.1) is 34.5 Å². The SMILES string of the molecule is CC1=C[C@]23C(O)[C@@H](C=C(CO)[C@@H](O)C2(O)[C@H]1O)[C@H]1[C@@H](C[C@H]3C)C1(C)C. The summed E-state index contributed by atoms with van der Waals surface area (Å²) in [6.07, 6.45) is 0.801. The van der Waals surface area contributed by atoms with Crippen molar-refractivity contribution in [2.24, 2.45) is 34.5 Å². The van der Waals surface area contributed by atoms with Gasteiger partial charge in [0, 0.05) is 5.92 Å². The van der Waals surface area contributed by atoms with E-state index in [1.54, 1.807) is 19.1 Å². The molecule has 1 spiro atoms. The van der Waals surface area contributed by atoms with Crippen LogP contribution in [0.3, 0.4) is 0 Å². The number of fused-ring (bicyclic) bond motifs is 3. The van der Waals surface area contributed by atoms with E-state index in [0.29, 0.717) is 17.1 Å². The molecule has 0 heterocycles. The first-order chi connectivity index (χ1) is 11.5. The molecule has 4 aliphatic carbocycles. The van der Waals surface area contributed by atoms with Crippen molar-refractivity contribution in [2.75, 3.05) is 6.61 Å². The molecule has 5 N–H and O–H groups in total. The van der Waals surface area contributed by atoms with E-state index in [4.69, 9.17) is 0 Å². The molecule has 2 unspecified atom stereocenters. The average molecular weight is 350 g/mol. The Labute approximate surface area is 148 Å². The van der Waals surface area contributed by atoms with Gasteiger partial charge in [-0.25, -0.2) is 0 Å². The van der Waals surface area contributed by atoms with Crippen molar-refractivity contribution in [1.82, 2.24) is 0 Å². The number of aliphatic hydroxyl groups excluding tert-OH is 4. The van der Waals surface area contributed by atoms with E-state index in [2.05, 4.69) is 13.8 Å². The lowest BCUT2D eigenvalue weighted by Gasteiger charge is -2.51. The summed E-state index contributed by atoms with van der Waals surface area (Å²) in [6.45, 7) is 7.72. The molecule has 4 aliphatic rings. The Morgan fingerprint density at radius 2 is 1.80 bits per heavy atom. The third kappa shape index (κ3) is 1.77. The highest BCUT2D eigenvalue weighted by Crippen LogP contribution is 2.72. The fraction of sp³-hybridized carbons (Fsp3) is 0.800. The van der Waals surface area contributed by atoms with Gasteiger partial charge in [0.25, 0.3) is 0 Å². The van der Waals surface area contributed by atoms with E-state index < -0.39 is 35.9 Å². The van der Waals surface area contributed by atoms with Gasteiger partial charge in [-0.1, -0.05) is 32.9 Å². The zero-order valence-electron chi connectivity index (χ0n) is 15.3. The molecule has 4 rings (SSSR count). The van der Waals surface area contributed by atoms with Gasteiger partial charge >= 0.3 is 0 Å². The minimum atomic E-state index is -1.93. The highest BCUT2D eigenvalue weighted by molar-refractivity contribution is 5.42. The van der Waals surface area contributed by atoms with Crippen molar-refractivity contribution in [2.45, 2.75) is 58.0 Å². The molecule has 140 valence electrons. The standard InChI is InChI=1S/C20H30O5/c1-9-7-19-10(2)5-13-14(18(13,3)4)12(17(19)24)6-11(8-21)16(23)20(19,25)15(9)22/h6-7,10,12-17,21-25H,5,8H2,1-4H3/t10-,12+,13-,14+,15+,16-,17?,19+,20?/m1/s1. The Hall–Kier alpha value is -0.720. The Kier molecular flexibility index (Phi) is 3.51. The molecular weight excluding hydrogens is 320 g/mol. The van der Waals surface area contributed by atoms with E-state index in [-0.39, 0.29) is 23.2 Å². The second kappa shape index (κ2) is 4.96. The van der Waals surface area contributed by atoms with Gasteiger partial charge in [-0.2, -0.15) is 0 Å². The zero-order valence-corrected chi connectivity index (χ0v) is 15.3. The van der Waals surface area contributed by atoms with Gasteiger partial charge in [-0.3, -0.25) is 0 Å². The Morgan fingerprint density at radius 1 is 1.16 bits per heavy atom. The molecule has 0 aromatic rings. The second-order valence-electron chi connectivity index (χ2n) is 9.46. The van der Waals surface area contributed by atoms with Crippen molar-refractivity contribution in [3.63, 3.8) is 0 Å². The van der Waals surface area contributed by atoms with Crippen LogP contribution in [0.25, 0.3) is 0 Å². The largest absolute Gasteiger partial charge is 0.392 e. The molecular formula is C20H30O5. The van der Waals surface area contributed by atoms with Crippen LogP contribution in [0.2, 0.25) is 0 Å². The predicted octanol–water partition coefficient (Wildman–Crippen LogP) is 0.607. The van der Waals surface area contributed by atoms with Crippen LogP contribution in [-0.2, 0) is 0 Å². The van der Waals surface area contributed by atoms with Gasteiger partial charge < -0.3 is 25.5 Å². The topological polar surface area (TPSA) is 101 Å². The first kappa shape index (κ1) is 17.7. The molecule has 0 saturated heterocycles. The molecule has 0 aromatic heterocycles. The number of rotatable bonds is 1. The fourth-order valence-corrected chi connectivity index (χ4v) is 6.74. The summed E-state index contributed by atoms with van der Waals surface area (Å²) < 4.78 is 0. The van der Waals surface area contributed by atoms with Crippen LogP contribution in [0.1, 0.15) is 34.1 Å². The van der Waals surface area contributed by atoms with Crippen molar-refractivity contribution in [3.8, 4) is 0 Å². The highest BCUT2D eigenvalue weighted by Gasteiger charge is 2.75. The second-order valence-corrected chi connectivity index (χ2v) is 9.46.